The van der Waals surface area contributed by atoms with E-state index in [0.717, 1.165) is 17.4 Å². The van der Waals surface area contributed by atoms with Crippen LogP contribution in [0.15, 0.2) is 73.3 Å². The Labute approximate surface area is 167 Å². The second kappa shape index (κ2) is 8.98. The van der Waals surface area contributed by atoms with Gasteiger partial charge in [0.25, 0.3) is 0 Å². The van der Waals surface area contributed by atoms with Gasteiger partial charge < -0.3 is 9.69 Å². The number of aldehydes is 1. The van der Waals surface area contributed by atoms with E-state index in [9.17, 15) is 9.59 Å². The summed E-state index contributed by atoms with van der Waals surface area (Å²) in [5.41, 5.74) is 2.24. The van der Waals surface area contributed by atoms with Crippen molar-refractivity contribution < 1.29 is 9.59 Å². The number of likely N-dealkylation sites (tertiary alicyclic amines) is 1. The van der Waals surface area contributed by atoms with Crippen LogP contribution < -0.4 is 0 Å². The largest absolute Gasteiger partial charge is 0.341 e. The van der Waals surface area contributed by atoms with E-state index in [1.807, 2.05) is 68.6 Å². The number of hydrogen-bond acceptors (Lipinski definition) is 3. The highest BCUT2D eigenvalue weighted by Gasteiger charge is 2.49. The minimum absolute atomic E-state index is 0.00624. The SMILES string of the molecule is C=CC1C(C(=O)N(C)Cc2ccccc2)C(C=O)C(C)N1Cc1ccccc1. The van der Waals surface area contributed by atoms with E-state index in [1.54, 1.807) is 4.90 Å². The van der Waals surface area contributed by atoms with Crippen LogP contribution in [0.5, 0.6) is 0 Å². The second-order valence-corrected chi connectivity index (χ2v) is 7.54. The van der Waals surface area contributed by atoms with E-state index in [1.165, 1.54) is 0 Å². The van der Waals surface area contributed by atoms with Gasteiger partial charge in [0.05, 0.1) is 5.92 Å². The van der Waals surface area contributed by atoms with Gasteiger partial charge in [0.1, 0.15) is 6.29 Å². The van der Waals surface area contributed by atoms with Crippen molar-refractivity contribution in [2.75, 3.05) is 7.05 Å². The molecule has 4 unspecified atom stereocenters. The van der Waals surface area contributed by atoms with Crippen molar-refractivity contribution in [3.63, 3.8) is 0 Å². The molecule has 0 radical (unpaired) electrons. The summed E-state index contributed by atoms with van der Waals surface area (Å²) in [5, 5.41) is 0. The van der Waals surface area contributed by atoms with Crippen LogP contribution in [0.25, 0.3) is 0 Å². The molecule has 146 valence electrons. The predicted octanol–water partition coefficient (Wildman–Crippen LogP) is 3.54. The van der Waals surface area contributed by atoms with Gasteiger partial charge in [0, 0.05) is 38.1 Å². The van der Waals surface area contributed by atoms with Crippen LogP contribution in [0.3, 0.4) is 0 Å². The molecule has 1 aliphatic heterocycles. The molecule has 0 spiro atoms. The van der Waals surface area contributed by atoms with Crippen LogP contribution in [0, 0.1) is 11.8 Å². The first-order valence-electron chi connectivity index (χ1n) is 9.73. The molecule has 28 heavy (non-hydrogen) atoms. The van der Waals surface area contributed by atoms with Crippen molar-refractivity contribution in [1.29, 1.82) is 0 Å². The van der Waals surface area contributed by atoms with Crippen molar-refractivity contribution >= 4 is 12.2 Å². The van der Waals surface area contributed by atoms with Gasteiger partial charge in [-0.2, -0.15) is 0 Å². The summed E-state index contributed by atoms with van der Waals surface area (Å²) in [6, 6.07) is 19.8. The van der Waals surface area contributed by atoms with E-state index in [4.69, 9.17) is 0 Å². The third-order valence-corrected chi connectivity index (χ3v) is 5.78. The Hall–Kier alpha value is -2.72. The van der Waals surface area contributed by atoms with E-state index in [-0.39, 0.29) is 23.9 Å². The molecule has 2 aromatic carbocycles. The lowest BCUT2D eigenvalue weighted by molar-refractivity contribution is -0.137. The maximum Gasteiger partial charge on any atom is 0.228 e. The molecule has 1 saturated heterocycles. The summed E-state index contributed by atoms with van der Waals surface area (Å²) < 4.78 is 0. The third-order valence-electron chi connectivity index (χ3n) is 5.78. The van der Waals surface area contributed by atoms with Gasteiger partial charge in [-0.15, -0.1) is 6.58 Å². The molecule has 1 aliphatic rings. The van der Waals surface area contributed by atoms with Gasteiger partial charge in [0.15, 0.2) is 0 Å². The summed E-state index contributed by atoms with van der Waals surface area (Å²) in [6.45, 7) is 7.23. The molecule has 4 nitrogen and oxygen atoms in total. The first-order valence-corrected chi connectivity index (χ1v) is 9.73. The molecule has 0 bridgehead atoms. The molecule has 3 rings (SSSR count). The summed E-state index contributed by atoms with van der Waals surface area (Å²) in [5.74, 6) is -0.770. The monoisotopic (exact) mass is 376 g/mol. The van der Waals surface area contributed by atoms with Crippen LogP contribution in [0.4, 0.5) is 0 Å². The number of carbonyl (C=O) groups excluding carboxylic acids is 2. The standard InChI is InChI=1S/C24H28N2O2/c1-4-22-23(24(28)25(3)15-19-11-7-5-8-12-19)21(17-27)18(2)26(22)16-20-13-9-6-10-14-20/h4-14,17-18,21-23H,1,15-16H2,2-3H3. The highest BCUT2D eigenvalue weighted by molar-refractivity contribution is 5.84. The Morgan fingerprint density at radius 2 is 1.64 bits per heavy atom. The number of amides is 1. The quantitative estimate of drug-likeness (QED) is 0.548. The fourth-order valence-electron chi connectivity index (χ4n) is 4.25. The minimum atomic E-state index is -0.414. The summed E-state index contributed by atoms with van der Waals surface area (Å²) in [7, 11) is 1.81. The summed E-state index contributed by atoms with van der Waals surface area (Å²) in [6.07, 6.45) is 2.77. The van der Waals surface area contributed by atoms with Crippen LogP contribution in [0.2, 0.25) is 0 Å². The van der Waals surface area contributed by atoms with E-state index < -0.39 is 5.92 Å². The lowest BCUT2D eigenvalue weighted by Gasteiger charge is -2.29. The number of nitrogens with zero attached hydrogens (tertiary/aromatic N) is 2. The molecule has 0 aromatic heterocycles. The topological polar surface area (TPSA) is 40.6 Å². The molecule has 0 N–H and O–H groups in total. The minimum Gasteiger partial charge on any atom is -0.341 e. The Morgan fingerprint density at radius 3 is 2.18 bits per heavy atom. The average molecular weight is 377 g/mol. The predicted molar refractivity (Wildman–Crippen MR) is 111 cm³/mol. The van der Waals surface area contributed by atoms with Gasteiger partial charge in [-0.05, 0) is 18.1 Å². The fourth-order valence-corrected chi connectivity index (χ4v) is 4.25. The van der Waals surface area contributed by atoms with Crippen molar-refractivity contribution in [3.8, 4) is 0 Å². The van der Waals surface area contributed by atoms with E-state index in [2.05, 4.69) is 23.6 Å². The van der Waals surface area contributed by atoms with Gasteiger partial charge >= 0.3 is 0 Å². The highest BCUT2D eigenvalue weighted by Crippen LogP contribution is 2.37. The molecule has 1 heterocycles. The van der Waals surface area contributed by atoms with Crippen LogP contribution in [-0.2, 0) is 22.7 Å². The zero-order chi connectivity index (χ0) is 20.1. The summed E-state index contributed by atoms with van der Waals surface area (Å²) in [4.78, 5) is 29.2. The van der Waals surface area contributed by atoms with E-state index >= 15 is 0 Å². The number of rotatable bonds is 7. The molecule has 0 saturated carbocycles. The fraction of sp³-hybridized carbons (Fsp3) is 0.333. The highest BCUT2D eigenvalue weighted by atomic mass is 16.2. The molecule has 1 fully saturated rings. The van der Waals surface area contributed by atoms with Gasteiger partial charge in [-0.1, -0.05) is 66.7 Å². The number of hydrogen-bond donors (Lipinski definition) is 0. The van der Waals surface area contributed by atoms with Gasteiger partial charge in [-0.25, -0.2) is 0 Å². The normalized spacial score (nSPS) is 24.6. The molecule has 4 heteroatoms. The van der Waals surface area contributed by atoms with Crippen LogP contribution >= 0.6 is 0 Å². The van der Waals surface area contributed by atoms with Crippen molar-refractivity contribution in [1.82, 2.24) is 9.80 Å². The first-order chi connectivity index (χ1) is 13.6. The molecular weight excluding hydrogens is 348 g/mol. The van der Waals surface area contributed by atoms with Crippen LogP contribution in [0.1, 0.15) is 18.1 Å². The maximum atomic E-state index is 13.3. The molecule has 0 aliphatic carbocycles. The lowest BCUT2D eigenvalue weighted by Crippen LogP contribution is -2.41. The number of carbonyl (C=O) groups is 2. The molecular formula is C24H28N2O2. The van der Waals surface area contributed by atoms with Gasteiger partial charge in [0.2, 0.25) is 5.91 Å². The Balaban J connectivity index is 1.82. The second-order valence-electron chi connectivity index (χ2n) is 7.54. The third kappa shape index (κ3) is 4.07. The molecule has 2 aromatic rings. The molecule has 4 atom stereocenters. The summed E-state index contributed by atoms with van der Waals surface area (Å²) >= 11 is 0. The first kappa shape index (κ1) is 20.0. The zero-order valence-electron chi connectivity index (χ0n) is 16.6. The van der Waals surface area contributed by atoms with Gasteiger partial charge in [-0.3, -0.25) is 9.69 Å². The Bertz CT molecular complexity index is 806. The van der Waals surface area contributed by atoms with Crippen molar-refractivity contribution in [2.45, 2.75) is 32.1 Å². The van der Waals surface area contributed by atoms with Crippen molar-refractivity contribution in [2.24, 2.45) is 11.8 Å². The smallest absolute Gasteiger partial charge is 0.228 e. The molecule has 1 amide bonds. The Morgan fingerprint density at radius 1 is 1.07 bits per heavy atom. The van der Waals surface area contributed by atoms with Crippen LogP contribution in [-0.4, -0.2) is 41.1 Å². The maximum absolute atomic E-state index is 13.3. The lowest BCUT2D eigenvalue weighted by atomic mass is 9.87. The number of benzene rings is 2. The van der Waals surface area contributed by atoms with Crippen molar-refractivity contribution in [3.05, 3.63) is 84.4 Å². The Kier molecular flexibility index (Phi) is 6.42. The zero-order valence-corrected chi connectivity index (χ0v) is 16.6. The average Bonchev–Trinajstić information content (AvgIpc) is 2.99. The van der Waals surface area contributed by atoms with E-state index in [0.29, 0.717) is 13.1 Å².